The van der Waals surface area contributed by atoms with Crippen molar-refractivity contribution in [2.75, 3.05) is 6.54 Å². The maximum atomic E-state index is 10.2. The third kappa shape index (κ3) is 24.2. The molecule has 0 spiro atoms. The van der Waals surface area contributed by atoms with Crippen molar-refractivity contribution in [2.24, 2.45) is 17.2 Å². The topological polar surface area (TPSA) is 112 Å². The molecule has 0 aliphatic heterocycles. The van der Waals surface area contributed by atoms with E-state index >= 15 is 0 Å². The predicted molar refractivity (Wildman–Crippen MR) is 74.7 cm³/mol. The number of nitrogens with two attached hydrogens (primary N) is 3. The Bertz CT molecular complexity index is 186. The standard InChI is InChI=1S/C7H15NO.C6H14N2O/c1-2-3-4-5-6-7(8)9;7-5-3-1-2-4-6(8)9/h2-6H2,1H3,(H2,8,9);1-5,7H2,(H2,8,9). The van der Waals surface area contributed by atoms with E-state index in [4.69, 9.17) is 17.2 Å². The van der Waals surface area contributed by atoms with Crippen molar-refractivity contribution in [2.45, 2.75) is 64.7 Å². The minimum absolute atomic E-state index is 0.175. The number of unbranched alkanes of at least 4 members (excludes halogenated alkanes) is 5. The molecule has 0 radical (unpaired) electrons. The smallest absolute Gasteiger partial charge is 0.217 e. The van der Waals surface area contributed by atoms with Gasteiger partial charge in [0.1, 0.15) is 0 Å². The molecule has 0 rings (SSSR count). The van der Waals surface area contributed by atoms with Gasteiger partial charge in [-0.15, -0.1) is 0 Å². The Morgan fingerprint density at radius 1 is 0.778 bits per heavy atom. The van der Waals surface area contributed by atoms with Crippen molar-refractivity contribution in [3.05, 3.63) is 0 Å². The molecule has 108 valence electrons. The molecule has 0 saturated heterocycles. The van der Waals surface area contributed by atoms with Gasteiger partial charge in [0.25, 0.3) is 0 Å². The molecule has 5 heteroatoms. The fourth-order valence-electron chi connectivity index (χ4n) is 1.35. The molecule has 0 fully saturated rings. The predicted octanol–water partition coefficient (Wildman–Crippen LogP) is 1.43. The molecule has 6 N–H and O–H groups in total. The lowest BCUT2D eigenvalue weighted by Crippen LogP contribution is -2.09. The average molecular weight is 259 g/mol. The van der Waals surface area contributed by atoms with Gasteiger partial charge in [-0.05, 0) is 25.8 Å². The fourth-order valence-corrected chi connectivity index (χ4v) is 1.35. The van der Waals surface area contributed by atoms with Gasteiger partial charge in [0.15, 0.2) is 0 Å². The van der Waals surface area contributed by atoms with Crippen molar-refractivity contribution >= 4 is 11.8 Å². The summed E-state index contributed by atoms with van der Waals surface area (Å²) in [7, 11) is 0. The Morgan fingerprint density at radius 2 is 1.22 bits per heavy atom. The molecule has 2 amide bonds. The van der Waals surface area contributed by atoms with E-state index in [-0.39, 0.29) is 11.8 Å². The lowest BCUT2D eigenvalue weighted by atomic mass is 10.1. The maximum Gasteiger partial charge on any atom is 0.217 e. The minimum Gasteiger partial charge on any atom is -0.370 e. The van der Waals surface area contributed by atoms with Crippen LogP contribution in [0.3, 0.4) is 0 Å². The van der Waals surface area contributed by atoms with E-state index in [0.717, 1.165) is 32.1 Å². The first-order valence-electron chi connectivity index (χ1n) is 6.81. The Kier molecular flexibility index (Phi) is 17.0. The Hall–Kier alpha value is -1.10. The van der Waals surface area contributed by atoms with Crippen molar-refractivity contribution in [1.29, 1.82) is 0 Å². The van der Waals surface area contributed by atoms with Crippen LogP contribution in [-0.2, 0) is 9.59 Å². The third-order valence-corrected chi connectivity index (χ3v) is 2.40. The number of primary amides is 2. The van der Waals surface area contributed by atoms with E-state index in [1.807, 2.05) is 0 Å². The normalized spacial score (nSPS) is 9.44. The first-order chi connectivity index (χ1) is 8.54. The molecule has 0 aromatic heterocycles. The van der Waals surface area contributed by atoms with E-state index in [0.29, 0.717) is 19.4 Å². The van der Waals surface area contributed by atoms with E-state index in [1.54, 1.807) is 0 Å². The summed E-state index contributed by atoms with van der Waals surface area (Å²) in [5.74, 6) is -0.391. The Labute approximate surface area is 110 Å². The summed E-state index contributed by atoms with van der Waals surface area (Å²) < 4.78 is 0. The number of amides is 2. The largest absolute Gasteiger partial charge is 0.370 e. The third-order valence-electron chi connectivity index (χ3n) is 2.40. The summed E-state index contributed by atoms with van der Waals surface area (Å²) in [5.41, 5.74) is 15.1. The molecule has 0 heterocycles. The van der Waals surface area contributed by atoms with Crippen LogP contribution in [0.15, 0.2) is 0 Å². The molecular formula is C13H29N3O2. The van der Waals surface area contributed by atoms with Crippen molar-refractivity contribution in [3.8, 4) is 0 Å². The highest BCUT2D eigenvalue weighted by atomic mass is 16.1. The van der Waals surface area contributed by atoms with Crippen LogP contribution in [0.5, 0.6) is 0 Å². The summed E-state index contributed by atoms with van der Waals surface area (Å²) in [4.78, 5) is 20.3. The van der Waals surface area contributed by atoms with Crippen LogP contribution in [0.1, 0.15) is 64.7 Å². The maximum absolute atomic E-state index is 10.2. The van der Waals surface area contributed by atoms with E-state index in [2.05, 4.69) is 6.92 Å². The summed E-state index contributed by atoms with van der Waals surface area (Å²) in [5, 5.41) is 0. The summed E-state index contributed by atoms with van der Waals surface area (Å²) in [6.07, 6.45) is 8.47. The van der Waals surface area contributed by atoms with Gasteiger partial charge in [-0.25, -0.2) is 0 Å². The van der Waals surface area contributed by atoms with Gasteiger partial charge >= 0.3 is 0 Å². The lowest BCUT2D eigenvalue weighted by Gasteiger charge is -1.93. The van der Waals surface area contributed by atoms with Crippen LogP contribution in [0.4, 0.5) is 0 Å². The Balaban J connectivity index is 0. The second-order valence-corrected chi connectivity index (χ2v) is 4.34. The first kappa shape index (κ1) is 19.2. The Morgan fingerprint density at radius 3 is 1.56 bits per heavy atom. The molecule has 0 aromatic carbocycles. The zero-order valence-electron chi connectivity index (χ0n) is 11.6. The lowest BCUT2D eigenvalue weighted by molar-refractivity contribution is -0.119. The second-order valence-electron chi connectivity index (χ2n) is 4.34. The van der Waals surface area contributed by atoms with Gasteiger partial charge in [-0.3, -0.25) is 9.59 Å². The zero-order valence-corrected chi connectivity index (χ0v) is 11.6. The first-order valence-corrected chi connectivity index (χ1v) is 6.81. The quantitative estimate of drug-likeness (QED) is 0.516. The zero-order chi connectivity index (χ0) is 14.2. The summed E-state index contributed by atoms with van der Waals surface area (Å²) in [6.45, 7) is 2.85. The van der Waals surface area contributed by atoms with Gasteiger partial charge < -0.3 is 17.2 Å². The van der Waals surface area contributed by atoms with Gasteiger partial charge in [0.05, 0.1) is 0 Å². The van der Waals surface area contributed by atoms with Crippen LogP contribution in [0, 0.1) is 0 Å². The van der Waals surface area contributed by atoms with E-state index in [1.165, 1.54) is 12.8 Å². The molecule has 0 aliphatic carbocycles. The summed E-state index contributed by atoms with van der Waals surface area (Å²) in [6, 6.07) is 0. The molecule has 5 nitrogen and oxygen atoms in total. The highest BCUT2D eigenvalue weighted by molar-refractivity contribution is 5.73. The SMILES string of the molecule is CCCCCCC(N)=O.NCCCCCC(N)=O. The van der Waals surface area contributed by atoms with Crippen LogP contribution < -0.4 is 17.2 Å². The number of hydrogen-bond acceptors (Lipinski definition) is 3. The van der Waals surface area contributed by atoms with E-state index in [9.17, 15) is 9.59 Å². The van der Waals surface area contributed by atoms with Crippen LogP contribution >= 0.6 is 0 Å². The highest BCUT2D eigenvalue weighted by Gasteiger charge is 1.92. The number of rotatable bonds is 10. The molecule has 0 aromatic rings. The number of carbonyl (C=O) groups is 2. The van der Waals surface area contributed by atoms with Gasteiger partial charge in [0.2, 0.25) is 11.8 Å². The van der Waals surface area contributed by atoms with Crippen LogP contribution in [0.2, 0.25) is 0 Å². The van der Waals surface area contributed by atoms with E-state index < -0.39 is 0 Å². The minimum atomic E-state index is -0.216. The summed E-state index contributed by atoms with van der Waals surface area (Å²) >= 11 is 0. The monoisotopic (exact) mass is 259 g/mol. The van der Waals surface area contributed by atoms with Gasteiger partial charge in [0, 0.05) is 12.8 Å². The molecule has 0 atom stereocenters. The molecule has 0 bridgehead atoms. The van der Waals surface area contributed by atoms with Crippen molar-refractivity contribution in [3.63, 3.8) is 0 Å². The van der Waals surface area contributed by atoms with Crippen molar-refractivity contribution in [1.82, 2.24) is 0 Å². The van der Waals surface area contributed by atoms with Crippen molar-refractivity contribution < 1.29 is 9.59 Å². The molecule has 0 aliphatic rings. The second kappa shape index (κ2) is 15.9. The van der Waals surface area contributed by atoms with Crippen LogP contribution in [0.25, 0.3) is 0 Å². The highest BCUT2D eigenvalue weighted by Crippen LogP contribution is 2.00. The molecular weight excluding hydrogens is 230 g/mol. The van der Waals surface area contributed by atoms with Gasteiger partial charge in [-0.1, -0.05) is 32.6 Å². The molecule has 0 saturated carbocycles. The molecule has 0 unspecified atom stereocenters. The van der Waals surface area contributed by atoms with Gasteiger partial charge in [-0.2, -0.15) is 0 Å². The molecule has 18 heavy (non-hydrogen) atoms. The number of carbonyl (C=O) groups excluding carboxylic acids is 2. The number of hydrogen-bond donors (Lipinski definition) is 3. The van der Waals surface area contributed by atoms with Crippen LogP contribution in [-0.4, -0.2) is 18.4 Å². The fraction of sp³-hybridized carbons (Fsp3) is 0.846. The average Bonchev–Trinajstić information content (AvgIpc) is 2.31.